The van der Waals surface area contributed by atoms with Crippen LogP contribution in [0.2, 0.25) is 0 Å². The Morgan fingerprint density at radius 3 is 2.28 bits per heavy atom. The summed E-state index contributed by atoms with van der Waals surface area (Å²) in [6, 6.07) is 19.6. The number of imidazole rings is 1. The van der Waals surface area contributed by atoms with Gasteiger partial charge in [0, 0.05) is 23.9 Å². The normalized spacial score (nSPS) is 14.7. The maximum absolute atomic E-state index is 13.2. The average molecular weight is 624 g/mol. The summed E-state index contributed by atoms with van der Waals surface area (Å²) >= 11 is 0. The van der Waals surface area contributed by atoms with E-state index in [0.29, 0.717) is 35.6 Å². The molecule has 0 unspecified atom stereocenters. The molecule has 0 radical (unpaired) electrons. The van der Waals surface area contributed by atoms with Crippen molar-refractivity contribution in [3.05, 3.63) is 95.9 Å². The summed E-state index contributed by atoms with van der Waals surface area (Å²) < 4.78 is 12.7. The highest BCUT2D eigenvalue weighted by molar-refractivity contribution is 6.11. The molecule has 2 aromatic heterocycles. The fourth-order valence-corrected chi connectivity index (χ4v) is 4.79. The standard InChI is InChI=1S/C35H37N5O6/c1-34(2,3)45-32(42)39(33(43)46-35(4,5)6)29-16-11-20-38-27(23-36-30(29)38)18-17-24-12-10-15-26(22-24)37-31(41)40-28(19-21-44-40)25-13-8-7-9-14-25/h7-16,20,22-23,28H,19,21H2,1-6H3,(H,37,41)/t28-/m0/s1. The fraction of sp³-hybridized carbons (Fsp3) is 0.314. The van der Waals surface area contributed by atoms with Crippen LogP contribution in [0.25, 0.3) is 5.65 Å². The number of aromatic nitrogens is 2. The van der Waals surface area contributed by atoms with Crippen LogP contribution in [0.5, 0.6) is 0 Å². The molecule has 0 spiro atoms. The molecule has 4 amide bonds. The highest BCUT2D eigenvalue weighted by atomic mass is 16.7. The van der Waals surface area contributed by atoms with Crippen molar-refractivity contribution in [1.82, 2.24) is 14.4 Å². The van der Waals surface area contributed by atoms with Crippen LogP contribution in [0.3, 0.4) is 0 Å². The number of hydroxylamine groups is 2. The maximum Gasteiger partial charge on any atom is 0.424 e. The zero-order valence-electron chi connectivity index (χ0n) is 26.7. The molecule has 1 aliphatic rings. The van der Waals surface area contributed by atoms with Gasteiger partial charge in [0.2, 0.25) is 0 Å². The second kappa shape index (κ2) is 12.9. The number of imide groups is 1. The number of carbonyl (C=O) groups is 3. The third-order valence-electron chi connectivity index (χ3n) is 6.65. The molecule has 1 N–H and O–H groups in total. The monoisotopic (exact) mass is 623 g/mol. The van der Waals surface area contributed by atoms with Gasteiger partial charge in [0.05, 0.1) is 18.8 Å². The molecule has 2 aromatic carbocycles. The number of benzene rings is 2. The van der Waals surface area contributed by atoms with E-state index in [0.717, 1.165) is 10.5 Å². The van der Waals surface area contributed by atoms with Crippen molar-refractivity contribution >= 4 is 35.2 Å². The number of amides is 4. The second-order valence-corrected chi connectivity index (χ2v) is 12.7. The second-order valence-electron chi connectivity index (χ2n) is 12.7. The van der Waals surface area contributed by atoms with Crippen LogP contribution < -0.4 is 10.2 Å². The van der Waals surface area contributed by atoms with Gasteiger partial charge in [-0.05, 0) is 83.4 Å². The van der Waals surface area contributed by atoms with E-state index in [1.165, 1.54) is 5.06 Å². The fourth-order valence-electron chi connectivity index (χ4n) is 4.79. The van der Waals surface area contributed by atoms with Gasteiger partial charge < -0.3 is 14.8 Å². The van der Waals surface area contributed by atoms with Gasteiger partial charge in [0.25, 0.3) is 0 Å². The Morgan fingerprint density at radius 1 is 0.913 bits per heavy atom. The zero-order chi connectivity index (χ0) is 33.1. The van der Waals surface area contributed by atoms with Gasteiger partial charge in [-0.25, -0.2) is 19.4 Å². The predicted molar refractivity (Wildman–Crippen MR) is 173 cm³/mol. The van der Waals surface area contributed by atoms with Gasteiger partial charge in [-0.2, -0.15) is 9.96 Å². The molecule has 11 heteroatoms. The van der Waals surface area contributed by atoms with Crippen molar-refractivity contribution in [2.75, 3.05) is 16.8 Å². The van der Waals surface area contributed by atoms with Crippen LogP contribution in [0.4, 0.5) is 25.8 Å². The molecule has 238 valence electrons. The quantitative estimate of drug-likeness (QED) is 0.238. The lowest BCUT2D eigenvalue weighted by molar-refractivity contribution is -0.0829. The van der Waals surface area contributed by atoms with Crippen molar-refractivity contribution in [1.29, 1.82) is 0 Å². The van der Waals surface area contributed by atoms with Crippen molar-refractivity contribution in [3.63, 3.8) is 0 Å². The van der Waals surface area contributed by atoms with Crippen LogP contribution in [0.15, 0.2) is 79.1 Å². The number of hydrogen-bond acceptors (Lipinski definition) is 7. The number of carbonyl (C=O) groups excluding carboxylic acids is 3. The van der Waals surface area contributed by atoms with Gasteiger partial charge in [-0.15, -0.1) is 0 Å². The molecule has 4 aromatic rings. The number of fused-ring (bicyclic) bond motifs is 1. The molecular weight excluding hydrogens is 586 g/mol. The Morgan fingerprint density at radius 2 is 1.61 bits per heavy atom. The Labute approximate surface area is 268 Å². The number of rotatable bonds is 3. The summed E-state index contributed by atoms with van der Waals surface area (Å²) in [6.07, 6.45) is 2.21. The Kier molecular flexibility index (Phi) is 9.03. The Hall–Kier alpha value is -5.34. The first kappa shape index (κ1) is 32.1. The first-order valence-corrected chi connectivity index (χ1v) is 14.9. The molecule has 0 bridgehead atoms. The van der Waals surface area contributed by atoms with E-state index in [2.05, 4.69) is 22.1 Å². The minimum atomic E-state index is -0.890. The Balaban J connectivity index is 1.38. The van der Waals surface area contributed by atoms with E-state index in [1.54, 1.807) is 88.7 Å². The van der Waals surface area contributed by atoms with Crippen molar-refractivity contribution in [2.24, 2.45) is 0 Å². The molecular formula is C35H37N5O6. The van der Waals surface area contributed by atoms with E-state index in [-0.39, 0.29) is 17.8 Å². The minimum Gasteiger partial charge on any atom is -0.443 e. The van der Waals surface area contributed by atoms with Crippen LogP contribution >= 0.6 is 0 Å². The van der Waals surface area contributed by atoms with Crippen molar-refractivity contribution < 1.29 is 28.7 Å². The molecule has 46 heavy (non-hydrogen) atoms. The van der Waals surface area contributed by atoms with Gasteiger partial charge in [0.1, 0.15) is 22.6 Å². The summed E-state index contributed by atoms with van der Waals surface area (Å²) in [4.78, 5) is 50.5. The van der Waals surface area contributed by atoms with Crippen molar-refractivity contribution in [2.45, 2.75) is 65.2 Å². The first-order chi connectivity index (χ1) is 21.8. The molecule has 1 saturated heterocycles. The van der Waals surface area contributed by atoms with Gasteiger partial charge >= 0.3 is 18.2 Å². The van der Waals surface area contributed by atoms with Gasteiger partial charge in [-0.1, -0.05) is 42.3 Å². The number of pyridine rings is 1. The summed E-state index contributed by atoms with van der Waals surface area (Å²) in [5, 5.41) is 4.28. The summed E-state index contributed by atoms with van der Waals surface area (Å²) in [7, 11) is 0. The maximum atomic E-state index is 13.2. The third-order valence-corrected chi connectivity index (χ3v) is 6.65. The minimum absolute atomic E-state index is 0.175. The van der Waals surface area contributed by atoms with E-state index in [4.69, 9.17) is 14.3 Å². The first-order valence-electron chi connectivity index (χ1n) is 14.9. The van der Waals surface area contributed by atoms with Gasteiger partial charge in [-0.3, -0.25) is 9.24 Å². The van der Waals surface area contributed by atoms with E-state index in [9.17, 15) is 14.4 Å². The summed E-state index contributed by atoms with van der Waals surface area (Å²) in [5.41, 5.74) is 1.51. The average Bonchev–Trinajstić information content (AvgIpc) is 3.63. The molecule has 3 heterocycles. The van der Waals surface area contributed by atoms with Crippen LogP contribution in [0.1, 0.15) is 70.8 Å². The largest absolute Gasteiger partial charge is 0.443 e. The van der Waals surface area contributed by atoms with Crippen LogP contribution in [-0.2, 0) is 14.3 Å². The highest BCUT2D eigenvalue weighted by Gasteiger charge is 2.35. The summed E-state index contributed by atoms with van der Waals surface area (Å²) in [5.74, 6) is 6.21. The lowest BCUT2D eigenvalue weighted by Crippen LogP contribution is -2.44. The molecule has 1 fully saturated rings. The molecule has 1 aliphatic heterocycles. The van der Waals surface area contributed by atoms with E-state index < -0.39 is 23.4 Å². The van der Waals surface area contributed by atoms with E-state index in [1.807, 2.05) is 36.4 Å². The summed E-state index contributed by atoms with van der Waals surface area (Å²) in [6.45, 7) is 10.7. The van der Waals surface area contributed by atoms with Gasteiger partial charge in [0.15, 0.2) is 5.65 Å². The number of hydrogen-bond donors (Lipinski definition) is 1. The molecule has 0 saturated carbocycles. The molecule has 0 aliphatic carbocycles. The number of nitrogens with zero attached hydrogens (tertiary/aromatic N) is 4. The van der Waals surface area contributed by atoms with Crippen molar-refractivity contribution in [3.8, 4) is 11.8 Å². The zero-order valence-corrected chi connectivity index (χ0v) is 26.7. The number of nitrogens with one attached hydrogen (secondary N) is 1. The number of ether oxygens (including phenoxy) is 2. The smallest absolute Gasteiger partial charge is 0.424 e. The molecule has 11 nitrogen and oxygen atoms in total. The number of anilines is 2. The molecule has 5 rings (SSSR count). The number of urea groups is 1. The van der Waals surface area contributed by atoms with Crippen LogP contribution in [0, 0.1) is 11.8 Å². The van der Waals surface area contributed by atoms with Crippen LogP contribution in [-0.4, -0.2) is 50.5 Å². The lowest BCUT2D eigenvalue weighted by Gasteiger charge is -2.28. The SMILES string of the molecule is CC(C)(C)OC(=O)N(C(=O)OC(C)(C)C)c1cccn2c(C#Cc3cccc(NC(=O)N4OCC[C@H]4c4ccccc4)c3)cnc12. The van der Waals surface area contributed by atoms with E-state index >= 15 is 0 Å². The lowest BCUT2D eigenvalue weighted by atomic mass is 10.1. The highest BCUT2D eigenvalue weighted by Crippen LogP contribution is 2.31. The predicted octanol–water partition coefficient (Wildman–Crippen LogP) is 7.32. The Bertz CT molecular complexity index is 1780. The topological polar surface area (TPSA) is 115 Å². The third kappa shape index (κ3) is 7.65. The molecule has 1 atom stereocenters.